The van der Waals surface area contributed by atoms with Crippen molar-refractivity contribution in [2.24, 2.45) is 0 Å². The highest BCUT2D eigenvalue weighted by Crippen LogP contribution is 2.23. The van der Waals surface area contributed by atoms with E-state index in [1.165, 1.54) is 29.2 Å². The molecule has 1 aliphatic heterocycles. The van der Waals surface area contributed by atoms with Crippen molar-refractivity contribution in [3.05, 3.63) is 45.7 Å². The van der Waals surface area contributed by atoms with Crippen LogP contribution in [0.25, 0.3) is 0 Å². The van der Waals surface area contributed by atoms with Gasteiger partial charge in [0.1, 0.15) is 5.82 Å². The van der Waals surface area contributed by atoms with Crippen molar-refractivity contribution in [2.45, 2.75) is 30.3 Å². The summed E-state index contributed by atoms with van der Waals surface area (Å²) in [6, 6.07) is 4.99. The van der Waals surface area contributed by atoms with Gasteiger partial charge in [0, 0.05) is 37.1 Å². The third-order valence-electron chi connectivity index (χ3n) is 4.66. The number of amides is 1. The summed E-state index contributed by atoms with van der Waals surface area (Å²) in [5, 5.41) is 4.79. The lowest BCUT2D eigenvalue weighted by Gasteiger charge is -2.33. The molecule has 0 unspecified atom stereocenters. The normalized spacial score (nSPS) is 16.7. The molecule has 3 rings (SSSR count). The van der Waals surface area contributed by atoms with E-state index < -0.39 is 5.82 Å². The highest BCUT2D eigenvalue weighted by atomic mass is 35.5. The average molecular weight is 502 g/mol. The fraction of sp³-hybridized carbons (Fsp3) is 0.476. The van der Waals surface area contributed by atoms with Crippen molar-refractivity contribution in [1.82, 2.24) is 15.2 Å². The Hall–Kier alpha value is -1.72. The van der Waals surface area contributed by atoms with Gasteiger partial charge in [-0.2, -0.15) is 0 Å². The molecule has 0 radical (unpaired) electrons. The van der Waals surface area contributed by atoms with Crippen LogP contribution in [0.15, 0.2) is 27.9 Å². The summed E-state index contributed by atoms with van der Waals surface area (Å²) in [6.07, 6.45) is -0.0397. The zero-order valence-electron chi connectivity index (χ0n) is 17.6. The Morgan fingerprint density at radius 3 is 3.12 bits per heavy atom. The van der Waals surface area contributed by atoms with Crippen molar-refractivity contribution < 1.29 is 23.5 Å². The number of hydrogen-bond donors (Lipinski definition) is 1. The SMILES string of the molecule is CCOC(=O)Cc1csc(SCC(=O)NC[C@H]2CN(Cc3cccc(Cl)c3F)CCO2)n1. The van der Waals surface area contributed by atoms with E-state index in [0.717, 1.165) is 4.34 Å². The van der Waals surface area contributed by atoms with Gasteiger partial charge in [-0.25, -0.2) is 9.37 Å². The Kier molecular flexibility index (Phi) is 9.73. The maximum Gasteiger partial charge on any atom is 0.311 e. The molecule has 1 amide bonds. The first-order chi connectivity index (χ1) is 15.4. The van der Waals surface area contributed by atoms with Gasteiger partial charge in [0.25, 0.3) is 0 Å². The van der Waals surface area contributed by atoms with E-state index in [-0.39, 0.29) is 35.2 Å². The fourth-order valence-electron chi connectivity index (χ4n) is 3.16. The van der Waals surface area contributed by atoms with Gasteiger partial charge in [-0.1, -0.05) is 35.5 Å². The van der Waals surface area contributed by atoms with Crippen LogP contribution in [0, 0.1) is 5.82 Å². The van der Waals surface area contributed by atoms with E-state index in [1.807, 2.05) is 0 Å². The second-order valence-electron chi connectivity index (χ2n) is 7.12. The Morgan fingerprint density at radius 1 is 1.47 bits per heavy atom. The molecule has 1 N–H and O–H groups in total. The molecule has 0 spiro atoms. The van der Waals surface area contributed by atoms with Gasteiger partial charge in [0.2, 0.25) is 5.91 Å². The lowest BCUT2D eigenvalue weighted by Crippen LogP contribution is -2.47. The number of nitrogens with zero attached hydrogens (tertiary/aromatic N) is 2. The predicted octanol–water partition coefficient (Wildman–Crippen LogP) is 3.15. The molecule has 1 fully saturated rings. The molecule has 174 valence electrons. The second-order valence-corrected chi connectivity index (χ2v) is 9.61. The summed E-state index contributed by atoms with van der Waals surface area (Å²) >= 11 is 8.58. The number of aromatic nitrogens is 1. The number of rotatable bonds is 10. The molecular weight excluding hydrogens is 477 g/mol. The summed E-state index contributed by atoms with van der Waals surface area (Å²) < 4.78 is 25.5. The first kappa shape index (κ1) is 24.9. The largest absolute Gasteiger partial charge is 0.466 e. The minimum absolute atomic E-state index is 0.116. The zero-order valence-corrected chi connectivity index (χ0v) is 20.0. The Morgan fingerprint density at radius 2 is 2.31 bits per heavy atom. The first-order valence-electron chi connectivity index (χ1n) is 10.2. The third-order valence-corrected chi connectivity index (χ3v) is 7.03. The number of benzene rings is 1. The van der Waals surface area contributed by atoms with Crippen LogP contribution < -0.4 is 5.32 Å². The Labute approximate surface area is 199 Å². The minimum atomic E-state index is -0.393. The maximum absolute atomic E-state index is 14.2. The van der Waals surface area contributed by atoms with Crippen LogP contribution in [0.1, 0.15) is 18.2 Å². The molecule has 1 aliphatic rings. The predicted molar refractivity (Wildman–Crippen MR) is 123 cm³/mol. The van der Waals surface area contributed by atoms with Gasteiger partial charge < -0.3 is 14.8 Å². The topological polar surface area (TPSA) is 80.8 Å². The minimum Gasteiger partial charge on any atom is -0.466 e. The Bertz CT molecular complexity index is 930. The monoisotopic (exact) mass is 501 g/mol. The summed E-state index contributed by atoms with van der Waals surface area (Å²) in [5.41, 5.74) is 1.19. The van der Waals surface area contributed by atoms with Crippen LogP contribution in [0.4, 0.5) is 4.39 Å². The fourth-order valence-corrected chi connectivity index (χ4v) is 5.03. The first-order valence-corrected chi connectivity index (χ1v) is 12.4. The maximum atomic E-state index is 14.2. The van der Waals surface area contributed by atoms with E-state index in [4.69, 9.17) is 21.1 Å². The molecular formula is C21H25ClFN3O4S2. The lowest BCUT2D eigenvalue weighted by molar-refractivity contribution is -0.142. The third kappa shape index (κ3) is 7.70. The van der Waals surface area contributed by atoms with E-state index in [0.29, 0.717) is 50.7 Å². The van der Waals surface area contributed by atoms with Gasteiger partial charge in [0.15, 0.2) is 4.34 Å². The number of thiazole rings is 1. The van der Waals surface area contributed by atoms with Gasteiger partial charge in [-0.05, 0) is 13.0 Å². The molecule has 1 aromatic carbocycles. The molecule has 0 saturated carbocycles. The second kappa shape index (κ2) is 12.5. The van der Waals surface area contributed by atoms with Crippen LogP contribution in [0.3, 0.4) is 0 Å². The van der Waals surface area contributed by atoms with Gasteiger partial charge >= 0.3 is 5.97 Å². The molecule has 0 bridgehead atoms. The smallest absolute Gasteiger partial charge is 0.311 e. The van der Waals surface area contributed by atoms with Crippen LogP contribution in [0.2, 0.25) is 5.02 Å². The summed E-state index contributed by atoms with van der Waals surface area (Å²) in [4.78, 5) is 30.2. The van der Waals surface area contributed by atoms with Crippen molar-refractivity contribution in [3.63, 3.8) is 0 Å². The zero-order chi connectivity index (χ0) is 22.9. The number of nitrogens with one attached hydrogen (secondary N) is 1. The molecule has 32 heavy (non-hydrogen) atoms. The molecule has 7 nitrogen and oxygen atoms in total. The van der Waals surface area contributed by atoms with Gasteiger partial charge in [0.05, 0.1) is 42.2 Å². The average Bonchev–Trinajstić information content (AvgIpc) is 3.21. The van der Waals surface area contributed by atoms with Crippen LogP contribution in [0.5, 0.6) is 0 Å². The lowest BCUT2D eigenvalue weighted by atomic mass is 10.1. The number of carbonyl (C=O) groups is 2. The van der Waals surface area contributed by atoms with E-state index in [9.17, 15) is 14.0 Å². The number of carbonyl (C=O) groups excluding carboxylic acids is 2. The Balaban J connectivity index is 1.38. The molecule has 2 aromatic rings. The number of morpholine rings is 1. The molecule has 2 heterocycles. The highest BCUT2D eigenvalue weighted by Gasteiger charge is 2.22. The van der Waals surface area contributed by atoms with E-state index in [1.54, 1.807) is 24.4 Å². The number of hydrogen-bond acceptors (Lipinski definition) is 8. The number of ether oxygens (including phenoxy) is 2. The molecule has 1 aromatic heterocycles. The van der Waals surface area contributed by atoms with E-state index >= 15 is 0 Å². The van der Waals surface area contributed by atoms with E-state index in [2.05, 4.69) is 15.2 Å². The molecule has 11 heteroatoms. The number of thioether (sulfide) groups is 1. The van der Waals surface area contributed by atoms with Crippen LogP contribution in [-0.2, 0) is 32.0 Å². The molecule has 1 atom stereocenters. The van der Waals surface area contributed by atoms with Crippen molar-refractivity contribution >= 4 is 46.6 Å². The molecule has 1 saturated heterocycles. The highest BCUT2D eigenvalue weighted by molar-refractivity contribution is 8.01. The molecule has 0 aliphatic carbocycles. The number of esters is 1. The summed E-state index contributed by atoms with van der Waals surface area (Å²) in [5.74, 6) is -0.614. The number of halogens is 2. The standard InChI is InChI=1S/C21H25ClFN3O4S2/c1-2-29-19(28)8-15-12-31-21(25-15)32-13-18(27)24-9-16-11-26(6-7-30-16)10-14-4-3-5-17(22)20(14)23/h3-5,12,16H,2,6-11,13H2,1H3,(H,24,27)/t16-/m0/s1. The van der Waals surface area contributed by atoms with Crippen LogP contribution >= 0.6 is 34.7 Å². The summed E-state index contributed by atoms with van der Waals surface area (Å²) in [6.45, 7) is 4.69. The quantitative estimate of drug-likeness (QED) is 0.395. The van der Waals surface area contributed by atoms with Crippen molar-refractivity contribution in [2.75, 3.05) is 38.6 Å². The van der Waals surface area contributed by atoms with Gasteiger partial charge in [-0.3, -0.25) is 14.5 Å². The van der Waals surface area contributed by atoms with Crippen molar-refractivity contribution in [1.29, 1.82) is 0 Å². The van der Waals surface area contributed by atoms with Crippen molar-refractivity contribution in [3.8, 4) is 0 Å². The summed E-state index contributed by atoms with van der Waals surface area (Å²) in [7, 11) is 0. The van der Waals surface area contributed by atoms with Gasteiger partial charge in [-0.15, -0.1) is 11.3 Å². The van der Waals surface area contributed by atoms with Crippen LogP contribution in [-0.4, -0.2) is 66.5 Å².